The maximum absolute atomic E-state index is 14.0. The van der Waals surface area contributed by atoms with Gasteiger partial charge in [0.05, 0.1) is 10.5 Å². The van der Waals surface area contributed by atoms with Gasteiger partial charge < -0.3 is 4.57 Å². The number of hydrogen-bond donors (Lipinski definition) is 1. The van der Waals surface area contributed by atoms with E-state index >= 15 is 0 Å². The molecule has 140 valence electrons. The number of benzene rings is 2. The van der Waals surface area contributed by atoms with Gasteiger partial charge in [-0.3, -0.25) is 4.79 Å². The van der Waals surface area contributed by atoms with Gasteiger partial charge in [0.25, 0.3) is 15.9 Å². The molecule has 0 saturated carbocycles. The summed E-state index contributed by atoms with van der Waals surface area (Å²) in [5.41, 5.74) is -0.221. The molecule has 0 bridgehead atoms. The summed E-state index contributed by atoms with van der Waals surface area (Å²) in [7, 11) is -2.67. The van der Waals surface area contributed by atoms with Crippen molar-refractivity contribution in [3.05, 3.63) is 71.6 Å². The van der Waals surface area contributed by atoms with Crippen molar-refractivity contribution in [3.63, 3.8) is 0 Å². The molecular weight excluding hydrogens is 376 g/mol. The number of sulfonamides is 1. The van der Waals surface area contributed by atoms with Crippen molar-refractivity contribution in [1.29, 1.82) is 0 Å². The topological polar surface area (TPSA) is 81.1 Å². The van der Waals surface area contributed by atoms with E-state index in [0.717, 1.165) is 12.1 Å². The summed E-state index contributed by atoms with van der Waals surface area (Å²) >= 11 is 0. The van der Waals surface area contributed by atoms with Gasteiger partial charge in [-0.2, -0.15) is 0 Å². The Morgan fingerprint density at radius 2 is 1.70 bits per heavy atom. The number of aryl methyl sites for hydroxylation is 2. The first-order valence-corrected chi connectivity index (χ1v) is 9.29. The number of nitrogens with one attached hydrogen (secondary N) is 1. The second kappa shape index (κ2) is 6.92. The number of nitrogens with zero attached hydrogens (tertiary/aromatic N) is 2. The lowest BCUT2D eigenvalue weighted by Gasteiger charge is -2.07. The number of carbonyl (C=O) groups is 1. The predicted octanol–water partition coefficient (Wildman–Crippen LogP) is 2.79. The zero-order valence-electron chi connectivity index (χ0n) is 14.4. The van der Waals surface area contributed by atoms with Crippen LogP contribution in [0.3, 0.4) is 0 Å². The standard InChI is InChI=1S/C18H15F2N3O3S/c1-11-6-3-4-9-15(11)27(25,26)22-18(24)14-10-23(2)17(21-14)16-12(19)7-5-8-13(16)20/h3-10H,1-2H3,(H,22,24). The summed E-state index contributed by atoms with van der Waals surface area (Å²) in [5, 5.41) is 0. The molecule has 0 aliphatic rings. The molecule has 3 aromatic rings. The fourth-order valence-corrected chi connectivity index (χ4v) is 3.81. The smallest absolute Gasteiger partial charge is 0.285 e. The molecule has 0 unspecified atom stereocenters. The summed E-state index contributed by atoms with van der Waals surface area (Å²) in [6.07, 6.45) is 1.20. The molecule has 0 aliphatic heterocycles. The van der Waals surface area contributed by atoms with E-state index in [4.69, 9.17) is 0 Å². The summed E-state index contributed by atoms with van der Waals surface area (Å²) in [5.74, 6) is -2.83. The molecular formula is C18H15F2N3O3S. The van der Waals surface area contributed by atoms with Gasteiger partial charge in [0.1, 0.15) is 23.2 Å². The van der Waals surface area contributed by atoms with Crippen LogP contribution in [0.1, 0.15) is 16.1 Å². The lowest BCUT2D eigenvalue weighted by atomic mass is 10.2. The zero-order chi connectivity index (χ0) is 19.8. The Labute approximate surface area is 154 Å². The highest BCUT2D eigenvalue weighted by molar-refractivity contribution is 7.90. The minimum absolute atomic E-state index is 0.0466. The van der Waals surface area contributed by atoms with Crippen molar-refractivity contribution in [3.8, 4) is 11.4 Å². The molecule has 9 heteroatoms. The van der Waals surface area contributed by atoms with Gasteiger partial charge in [-0.15, -0.1) is 0 Å². The maximum atomic E-state index is 14.0. The number of amides is 1. The van der Waals surface area contributed by atoms with Gasteiger partial charge in [-0.1, -0.05) is 24.3 Å². The van der Waals surface area contributed by atoms with Crippen molar-refractivity contribution in [2.24, 2.45) is 7.05 Å². The maximum Gasteiger partial charge on any atom is 0.285 e. The molecule has 0 atom stereocenters. The number of hydrogen-bond acceptors (Lipinski definition) is 4. The summed E-state index contributed by atoms with van der Waals surface area (Å²) < 4.78 is 56.0. The fourth-order valence-electron chi connectivity index (χ4n) is 2.61. The van der Waals surface area contributed by atoms with Crippen LogP contribution in [0.4, 0.5) is 8.78 Å². The third-order valence-electron chi connectivity index (χ3n) is 3.91. The molecule has 0 spiro atoms. The number of carbonyl (C=O) groups excluding carboxylic acids is 1. The molecule has 1 heterocycles. The second-order valence-electron chi connectivity index (χ2n) is 5.86. The Hall–Kier alpha value is -3.07. The SMILES string of the molecule is Cc1ccccc1S(=O)(=O)NC(=O)c1cn(C)c(-c2c(F)cccc2F)n1. The lowest BCUT2D eigenvalue weighted by molar-refractivity contribution is 0.0977. The first-order valence-electron chi connectivity index (χ1n) is 7.81. The van der Waals surface area contributed by atoms with Gasteiger partial charge in [0, 0.05) is 13.2 Å². The van der Waals surface area contributed by atoms with Crippen LogP contribution in [0.25, 0.3) is 11.4 Å². The molecule has 1 amide bonds. The molecule has 2 aromatic carbocycles. The highest BCUT2D eigenvalue weighted by Gasteiger charge is 2.24. The summed E-state index contributed by atoms with van der Waals surface area (Å²) in [6, 6.07) is 9.50. The van der Waals surface area contributed by atoms with E-state index in [1.165, 1.54) is 36.0 Å². The molecule has 0 aliphatic carbocycles. The van der Waals surface area contributed by atoms with E-state index in [0.29, 0.717) is 5.56 Å². The van der Waals surface area contributed by atoms with Gasteiger partial charge in [-0.05, 0) is 30.7 Å². The van der Waals surface area contributed by atoms with Crippen molar-refractivity contribution >= 4 is 15.9 Å². The van der Waals surface area contributed by atoms with E-state index in [-0.39, 0.29) is 16.4 Å². The summed E-state index contributed by atoms with van der Waals surface area (Å²) in [6.45, 7) is 1.60. The highest BCUT2D eigenvalue weighted by Crippen LogP contribution is 2.25. The predicted molar refractivity (Wildman–Crippen MR) is 94.4 cm³/mol. The first kappa shape index (κ1) is 18.7. The number of halogens is 2. The highest BCUT2D eigenvalue weighted by atomic mass is 32.2. The van der Waals surface area contributed by atoms with Crippen LogP contribution in [0.15, 0.2) is 53.6 Å². The van der Waals surface area contributed by atoms with Crippen LogP contribution in [0, 0.1) is 18.6 Å². The number of rotatable bonds is 4. The average Bonchev–Trinajstić information content (AvgIpc) is 2.96. The van der Waals surface area contributed by atoms with Gasteiger partial charge in [0.2, 0.25) is 0 Å². The quantitative estimate of drug-likeness (QED) is 0.742. The van der Waals surface area contributed by atoms with Crippen LogP contribution in [0.5, 0.6) is 0 Å². The minimum atomic E-state index is -4.12. The van der Waals surface area contributed by atoms with E-state index in [1.54, 1.807) is 19.1 Å². The molecule has 1 aromatic heterocycles. The monoisotopic (exact) mass is 391 g/mol. The first-order chi connectivity index (χ1) is 12.7. The van der Waals surface area contributed by atoms with Crippen molar-refractivity contribution in [2.45, 2.75) is 11.8 Å². The molecule has 27 heavy (non-hydrogen) atoms. The second-order valence-corrected chi connectivity index (χ2v) is 7.51. The zero-order valence-corrected chi connectivity index (χ0v) is 15.2. The minimum Gasteiger partial charge on any atom is -0.333 e. The van der Waals surface area contributed by atoms with Crippen molar-refractivity contribution < 1.29 is 22.0 Å². The van der Waals surface area contributed by atoms with E-state index in [2.05, 4.69) is 4.98 Å². The van der Waals surface area contributed by atoms with Gasteiger partial charge in [-0.25, -0.2) is 26.9 Å². The van der Waals surface area contributed by atoms with E-state index < -0.39 is 33.1 Å². The average molecular weight is 391 g/mol. The van der Waals surface area contributed by atoms with Crippen LogP contribution in [-0.4, -0.2) is 23.9 Å². The lowest BCUT2D eigenvalue weighted by Crippen LogP contribution is -2.31. The van der Waals surface area contributed by atoms with E-state index in [9.17, 15) is 22.0 Å². The Balaban J connectivity index is 1.95. The molecule has 6 nitrogen and oxygen atoms in total. The third kappa shape index (κ3) is 3.59. The van der Waals surface area contributed by atoms with Crippen LogP contribution >= 0.6 is 0 Å². The van der Waals surface area contributed by atoms with Crippen molar-refractivity contribution in [1.82, 2.24) is 14.3 Å². The molecule has 0 fully saturated rings. The normalized spacial score (nSPS) is 11.4. The molecule has 0 saturated heterocycles. The van der Waals surface area contributed by atoms with Crippen LogP contribution in [0.2, 0.25) is 0 Å². The van der Waals surface area contributed by atoms with Gasteiger partial charge >= 0.3 is 0 Å². The Morgan fingerprint density at radius 3 is 2.33 bits per heavy atom. The van der Waals surface area contributed by atoms with Gasteiger partial charge in [0.15, 0.2) is 0 Å². The third-order valence-corrected chi connectivity index (χ3v) is 5.40. The van der Waals surface area contributed by atoms with Crippen molar-refractivity contribution in [2.75, 3.05) is 0 Å². The molecule has 3 rings (SSSR count). The number of imidazole rings is 1. The Bertz CT molecular complexity index is 1120. The van der Waals surface area contributed by atoms with Crippen LogP contribution < -0.4 is 4.72 Å². The molecule has 1 N–H and O–H groups in total. The molecule has 0 radical (unpaired) electrons. The fraction of sp³-hybridized carbons (Fsp3) is 0.111. The van der Waals surface area contributed by atoms with Crippen LogP contribution in [-0.2, 0) is 17.1 Å². The largest absolute Gasteiger partial charge is 0.333 e. The number of aromatic nitrogens is 2. The Morgan fingerprint density at radius 1 is 1.07 bits per heavy atom. The Kier molecular flexibility index (Phi) is 4.79. The summed E-state index contributed by atoms with van der Waals surface area (Å²) in [4.78, 5) is 16.2. The van der Waals surface area contributed by atoms with E-state index in [1.807, 2.05) is 4.72 Å².